The lowest BCUT2D eigenvalue weighted by Crippen LogP contribution is -2.16. The molecule has 0 amide bonds. The van der Waals surface area contributed by atoms with Gasteiger partial charge in [0.05, 0.1) is 5.52 Å². The van der Waals surface area contributed by atoms with E-state index in [1.807, 2.05) is 38.4 Å². The van der Waals surface area contributed by atoms with Crippen LogP contribution < -0.4 is 0 Å². The summed E-state index contributed by atoms with van der Waals surface area (Å²) in [5.41, 5.74) is 2.10. The Kier molecular flexibility index (Phi) is 4.46. The lowest BCUT2D eigenvalue weighted by atomic mass is 10.1. The molecule has 0 aliphatic heterocycles. The third-order valence-corrected chi connectivity index (χ3v) is 6.61. The average Bonchev–Trinajstić information content (AvgIpc) is 3.17. The topological polar surface area (TPSA) is 59.6 Å². The molecule has 0 saturated heterocycles. The van der Waals surface area contributed by atoms with Gasteiger partial charge < -0.3 is 4.90 Å². The predicted octanol–water partition coefficient (Wildman–Crippen LogP) is 3.28. The van der Waals surface area contributed by atoms with Gasteiger partial charge in [-0.05, 0) is 44.3 Å². The summed E-state index contributed by atoms with van der Waals surface area (Å²) in [4.78, 5) is 6.25. The maximum atomic E-state index is 13.5. The van der Waals surface area contributed by atoms with E-state index < -0.39 is 10.0 Å². The summed E-state index contributed by atoms with van der Waals surface area (Å²) < 4.78 is 29.8. The fourth-order valence-electron chi connectivity index (χ4n) is 3.23. The molecule has 0 spiro atoms. The summed E-state index contributed by atoms with van der Waals surface area (Å²) in [6.45, 7) is 0.824. The van der Waals surface area contributed by atoms with Gasteiger partial charge in [-0.15, -0.1) is 0 Å². The molecular weight excluding hydrogens is 384 g/mol. The number of likely N-dealkylation sites (N-methyl/N-ethyl adjacent to an activating group) is 1. The zero-order valence-electron chi connectivity index (χ0n) is 15.0. The summed E-state index contributed by atoms with van der Waals surface area (Å²) in [6.07, 6.45) is 4.10. The number of fused-ring (bicyclic) bond motifs is 2. The van der Waals surface area contributed by atoms with Crippen LogP contribution in [0.25, 0.3) is 16.6 Å². The Bertz CT molecular complexity index is 1240. The van der Waals surface area contributed by atoms with Gasteiger partial charge in [-0.2, -0.15) is 8.42 Å². The molecule has 3 aromatic heterocycles. The van der Waals surface area contributed by atoms with E-state index in [1.54, 1.807) is 30.6 Å². The summed E-state index contributed by atoms with van der Waals surface area (Å²) in [7, 11) is 0.0627. The van der Waals surface area contributed by atoms with Crippen molar-refractivity contribution in [3.63, 3.8) is 0 Å². The molecule has 4 aromatic rings. The first-order chi connectivity index (χ1) is 12.9. The van der Waals surface area contributed by atoms with E-state index in [4.69, 9.17) is 11.6 Å². The molecule has 0 unspecified atom stereocenters. The highest BCUT2D eigenvalue weighted by Gasteiger charge is 2.28. The van der Waals surface area contributed by atoms with Gasteiger partial charge in [-0.3, -0.25) is 4.40 Å². The molecule has 140 valence electrons. The minimum absolute atomic E-state index is 0.0281. The Labute approximate surface area is 162 Å². The van der Waals surface area contributed by atoms with Crippen LogP contribution in [0.4, 0.5) is 0 Å². The van der Waals surface area contributed by atoms with Crippen LogP contribution in [0.1, 0.15) is 5.56 Å². The van der Waals surface area contributed by atoms with Gasteiger partial charge in [0.15, 0.2) is 10.2 Å². The van der Waals surface area contributed by atoms with E-state index in [0.717, 1.165) is 23.9 Å². The second-order valence-corrected chi connectivity index (χ2v) is 8.75. The van der Waals surface area contributed by atoms with Crippen LogP contribution in [0.5, 0.6) is 0 Å². The second-order valence-electron chi connectivity index (χ2n) is 6.66. The van der Waals surface area contributed by atoms with Crippen LogP contribution in [0, 0.1) is 0 Å². The van der Waals surface area contributed by atoms with Crippen LogP contribution >= 0.6 is 11.6 Å². The molecule has 3 heterocycles. The lowest BCUT2D eigenvalue weighted by molar-refractivity contribution is 0.414. The van der Waals surface area contributed by atoms with Gasteiger partial charge in [0.2, 0.25) is 0 Å². The number of aromatic nitrogens is 3. The molecule has 8 heteroatoms. The summed E-state index contributed by atoms with van der Waals surface area (Å²) in [5, 5.41) is 0.862. The molecule has 6 nitrogen and oxygen atoms in total. The molecule has 0 N–H and O–H groups in total. The van der Waals surface area contributed by atoms with E-state index in [2.05, 4.69) is 9.88 Å². The molecule has 0 saturated carbocycles. The second kappa shape index (κ2) is 6.67. The standard InChI is InChI=1S/C19H19ClN4O2S/c1-22(2)12-10-14-13-24(16-8-4-3-7-15(14)16)27(25,26)19-18(20)21-17-9-5-6-11-23(17)19/h3-9,11,13H,10,12H2,1-2H3. The number of hydrogen-bond acceptors (Lipinski definition) is 4. The van der Waals surface area contributed by atoms with Gasteiger partial charge in [-0.1, -0.05) is 35.9 Å². The molecule has 0 bridgehead atoms. The van der Waals surface area contributed by atoms with Crippen LogP contribution in [-0.4, -0.2) is 47.3 Å². The van der Waals surface area contributed by atoms with Crippen molar-refractivity contribution in [3.8, 4) is 0 Å². The lowest BCUT2D eigenvalue weighted by Gasteiger charge is -2.08. The minimum Gasteiger partial charge on any atom is -0.309 e. The van der Waals surface area contributed by atoms with Gasteiger partial charge >= 0.3 is 0 Å². The number of pyridine rings is 1. The number of nitrogens with zero attached hydrogens (tertiary/aromatic N) is 4. The van der Waals surface area contributed by atoms with Crippen LogP contribution in [0.2, 0.25) is 5.15 Å². The summed E-state index contributed by atoms with van der Waals surface area (Å²) in [6, 6.07) is 12.8. The number of halogens is 1. The minimum atomic E-state index is -3.93. The van der Waals surface area contributed by atoms with Gasteiger partial charge in [0.25, 0.3) is 10.0 Å². The summed E-state index contributed by atoms with van der Waals surface area (Å²) >= 11 is 6.23. The molecule has 27 heavy (non-hydrogen) atoms. The van der Waals surface area contributed by atoms with E-state index in [9.17, 15) is 8.42 Å². The smallest absolute Gasteiger partial charge is 0.287 e. The zero-order chi connectivity index (χ0) is 19.2. The van der Waals surface area contributed by atoms with Crippen molar-refractivity contribution in [2.75, 3.05) is 20.6 Å². The first kappa shape index (κ1) is 18.0. The van der Waals surface area contributed by atoms with Gasteiger partial charge in [0.1, 0.15) is 5.65 Å². The van der Waals surface area contributed by atoms with Gasteiger partial charge in [0, 0.05) is 24.3 Å². The highest BCUT2D eigenvalue weighted by Crippen LogP contribution is 2.30. The zero-order valence-corrected chi connectivity index (χ0v) is 16.6. The Hall–Kier alpha value is -2.35. The van der Waals surface area contributed by atoms with Crippen molar-refractivity contribution in [2.45, 2.75) is 11.4 Å². The molecule has 1 aromatic carbocycles. The molecule has 0 fully saturated rings. The Morgan fingerprint density at radius 2 is 1.85 bits per heavy atom. The highest BCUT2D eigenvalue weighted by molar-refractivity contribution is 7.90. The van der Waals surface area contributed by atoms with Crippen molar-refractivity contribution in [3.05, 3.63) is 65.6 Å². The van der Waals surface area contributed by atoms with E-state index in [-0.39, 0.29) is 10.2 Å². The van der Waals surface area contributed by atoms with Gasteiger partial charge in [-0.25, -0.2) is 8.96 Å². The predicted molar refractivity (Wildman–Crippen MR) is 107 cm³/mol. The molecule has 0 atom stereocenters. The quantitative estimate of drug-likeness (QED) is 0.514. The number of hydrogen-bond donors (Lipinski definition) is 0. The van der Waals surface area contributed by atoms with E-state index in [1.165, 1.54) is 8.37 Å². The Balaban J connectivity index is 1.94. The highest BCUT2D eigenvalue weighted by atomic mass is 35.5. The molecular formula is C19H19ClN4O2S. The number of imidazole rings is 1. The van der Waals surface area contributed by atoms with Crippen molar-refractivity contribution in [1.29, 1.82) is 0 Å². The SMILES string of the molecule is CN(C)CCc1cn(S(=O)(=O)c2c(Cl)nc3ccccn23)c2ccccc12. The van der Waals surface area contributed by atoms with Crippen molar-refractivity contribution in [1.82, 2.24) is 18.3 Å². The first-order valence-corrected chi connectivity index (χ1v) is 10.3. The maximum Gasteiger partial charge on any atom is 0.287 e. The fourth-order valence-corrected chi connectivity index (χ4v) is 5.23. The van der Waals surface area contributed by atoms with Crippen LogP contribution in [-0.2, 0) is 16.4 Å². The molecule has 0 aliphatic carbocycles. The Morgan fingerprint density at radius 1 is 1.11 bits per heavy atom. The van der Waals surface area contributed by atoms with Crippen molar-refractivity contribution >= 4 is 38.2 Å². The third kappa shape index (κ3) is 3.01. The number of para-hydroxylation sites is 1. The molecule has 0 aliphatic rings. The first-order valence-electron chi connectivity index (χ1n) is 8.51. The Morgan fingerprint density at radius 3 is 2.63 bits per heavy atom. The maximum absolute atomic E-state index is 13.5. The third-order valence-electron chi connectivity index (χ3n) is 4.54. The van der Waals surface area contributed by atoms with Crippen LogP contribution in [0.3, 0.4) is 0 Å². The number of rotatable bonds is 5. The normalized spacial score (nSPS) is 12.4. The largest absolute Gasteiger partial charge is 0.309 e. The molecule has 4 rings (SSSR count). The average molecular weight is 403 g/mol. The molecule has 0 radical (unpaired) electrons. The van der Waals surface area contributed by atoms with Crippen molar-refractivity contribution < 1.29 is 8.42 Å². The monoisotopic (exact) mass is 402 g/mol. The number of benzene rings is 1. The van der Waals surface area contributed by atoms with Crippen LogP contribution in [0.15, 0.2) is 59.9 Å². The summed E-state index contributed by atoms with van der Waals surface area (Å²) in [5.74, 6) is 0. The van der Waals surface area contributed by atoms with E-state index in [0.29, 0.717) is 11.2 Å². The fraction of sp³-hybridized carbons (Fsp3) is 0.211. The van der Waals surface area contributed by atoms with Crippen molar-refractivity contribution in [2.24, 2.45) is 0 Å². The van der Waals surface area contributed by atoms with E-state index >= 15 is 0 Å².